The molecule has 126 valence electrons. The number of anilines is 1. The lowest BCUT2D eigenvalue weighted by Gasteiger charge is -2.09. The van der Waals surface area contributed by atoms with Crippen LogP contribution in [0.4, 0.5) is 27.6 Å². The van der Waals surface area contributed by atoms with Crippen LogP contribution in [-0.2, 0) is 23.2 Å². The van der Waals surface area contributed by atoms with E-state index in [0.29, 0.717) is 18.3 Å². The Morgan fingerprint density at radius 2 is 1.91 bits per heavy atom. The summed E-state index contributed by atoms with van der Waals surface area (Å²) in [5.41, 5.74) is -2.54. The van der Waals surface area contributed by atoms with Crippen LogP contribution in [0.5, 0.6) is 0 Å². The SMILES string of the molecule is Cn1cc(NS(=O)(=O)c2ccc(C(F)(F)F)nc2)c(C(F)F)n1. The lowest BCUT2D eigenvalue weighted by atomic mass is 10.3. The maximum absolute atomic E-state index is 12.8. The Labute approximate surface area is 127 Å². The van der Waals surface area contributed by atoms with Gasteiger partial charge in [-0.25, -0.2) is 17.2 Å². The zero-order valence-corrected chi connectivity index (χ0v) is 12.2. The molecule has 0 aliphatic carbocycles. The van der Waals surface area contributed by atoms with E-state index in [-0.39, 0.29) is 0 Å². The van der Waals surface area contributed by atoms with Gasteiger partial charge in [0.2, 0.25) is 0 Å². The summed E-state index contributed by atoms with van der Waals surface area (Å²) in [6, 6.07) is 1.16. The highest BCUT2D eigenvalue weighted by molar-refractivity contribution is 7.92. The van der Waals surface area contributed by atoms with E-state index in [1.165, 1.54) is 7.05 Å². The van der Waals surface area contributed by atoms with E-state index >= 15 is 0 Å². The first-order chi connectivity index (χ1) is 10.5. The molecule has 0 radical (unpaired) electrons. The van der Waals surface area contributed by atoms with Crippen molar-refractivity contribution in [2.24, 2.45) is 7.05 Å². The highest BCUT2D eigenvalue weighted by Crippen LogP contribution is 2.29. The van der Waals surface area contributed by atoms with E-state index in [1.807, 2.05) is 4.72 Å². The number of rotatable bonds is 4. The van der Waals surface area contributed by atoms with E-state index < -0.39 is 44.6 Å². The summed E-state index contributed by atoms with van der Waals surface area (Å²) >= 11 is 0. The van der Waals surface area contributed by atoms with Gasteiger partial charge in [0.25, 0.3) is 16.4 Å². The fourth-order valence-corrected chi connectivity index (χ4v) is 2.66. The number of nitrogens with one attached hydrogen (secondary N) is 1. The third-order valence-corrected chi connectivity index (χ3v) is 4.00. The fraction of sp³-hybridized carbons (Fsp3) is 0.273. The van der Waals surface area contributed by atoms with E-state index in [2.05, 4.69) is 10.1 Å². The molecule has 0 fully saturated rings. The Bertz CT molecular complexity index is 799. The van der Waals surface area contributed by atoms with Crippen molar-refractivity contribution >= 4 is 15.7 Å². The Balaban J connectivity index is 2.33. The van der Waals surface area contributed by atoms with E-state index in [0.717, 1.165) is 10.9 Å². The highest BCUT2D eigenvalue weighted by Gasteiger charge is 2.33. The van der Waals surface area contributed by atoms with Crippen molar-refractivity contribution in [2.45, 2.75) is 17.5 Å². The second-order valence-corrected chi connectivity index (χ2v) is 6.07. The monoisotopic (exact) mass is 356 g/mol. The van der Waals surface area contributed by atoms with Crippen molar-refractivity contribution in [2.75, 3.05) is 4.72 Å². The van der Waals surface area contributed by atoms with Gasteiger partial charge in [0, 0.05) is 19.4 Å². The van der Waals surface area contributed by atoms with Gasteiger partial charge < -0.3 is 0 Å². The molecule has 0 bridgehead atoms. The molecule has 12 heteroatoms. The molecule has 2 aromatic rings. The first-order valence-electron chi connectivity index (χ1n) is 5.88. The molecule has 2 rings (SSSR count). The summed E-state index contributed by atoms with van der Waals surface area (Å²) in [6.45, 7) is 0. The number of nitrogens with zero attached hydrogens (tertiary/aromatic N) is 3. The van der Waals surface area contributed by atoms with E-state index in [1.54, 1.807) is 0 Å². The van der Waals surface area contributed by atoms with Gasteiger partial charge in [-0.05, 0) is 12.1 Å². The van der Waals surface area contributed by atoms with Gasteiger partial charge in [-0.2, -0.15) is 18.3 Å². The van der Waals surface area contributed by atoms with E-state index in [9.17, 15) is 30.4 Å². The average molecular weight is 356 g/mol. The summed E-state index contributed by atoms with van der Waals surface area (Å²) < 4.78 is 89.6. The molecule has 1 N–H and O–H groups in total. The highest BCUT2D eigenvalue weighted by atomic mass is 32.2. The van der Waals surface area contributed by atoms with Crippen LogP contribution < -0.4 is 4.72 Å². The molecule has 23 heavy (non-hydrogen) atoms. The molecule has 0 saturated heterocycles. The standard InChI is InChI=1S/C11H9F5N4O2S/c1-20-5-7(9(18-20)10(12)13)19-23(21,22)6-2-3-8(17-4-6)11(14,15)16/h2-5,10,19H,1H3. The Morgan fingerprint density at radius 1 is 1.26 bits per heavy atom. The van der Waals surface area contributed by atoms with Gasteiger partial charge in [-0.3, -0.25) is 14.4 Å². The van der Waals surface area contributed by atoms with Crippen LogP contribution in [0, 0.1) is 0 Å². The summed E-state index contributed by atoms with van der Waals surface area (Å²) in [7, 11) is -3.08. The topological polar surface area (TPSA) is 76.9 Å². The molecule has 0 spiro atoms. The van der Waals surface area contributed by atoms with Crippen molar-refractivity contribution in [1.82, 2.24) is 14.8 Å². The molecule has 0 aliphatic rings. The first-order valence-corrected chi connectivity index (χ1v) is 7.37. The van der Waals surface area contributed by atoms with Gasteiger partial charge in [0.1, 0.15) is 10.6 Å². The van der Waals surface area contributed by atoms with Gasteiger partial charge in [-0.1, -0.05) is 0 Å². The second-order valence-electron chi connectivity index (χ2n) is 4.38. The predicted octanol–water partition coefficient (Wildman–Crippen LogP) is 2.57. The molecule has 2 aromatic heterocycles. The first kappa shape index (κ1) is 17.1. The minimum absolute atomic E-state index is 0.470. The number of sulfonamides is 1. The Hall–Kier alpha value is -2.24. The van der Waals surface area contributed by atoms with Crippen molar-refractivity contribution in [1.29, 1.82) is 0 Å². The van der Waals surface area contributed by atoms with Crippen LogP contribution >= 0.6 is 0 Å². The summed E-state index contributed by atoms with van der Waals surface area (Å²) in [5.74, 6) is 0. The molecule has 2 heterocycles. The maximum Gasteiger partial charge on any atom is 0.433 e. The zero-order chi connectivity index (χ0) is 17.4. The van der Waals surface area contributed by atoms with Gasteiger partial charge in [0.05, 0.1) is 5.69 Å². The number of alkyl halides is 5. The molecule has 6 nitrogen and oxygen atoms in total. The predicted molar refractivity (Wildman–Crippen MR) is 68.2 cm³/mol. The lowest BCUT2D eigenvalue weighted by Crippen LogP contribution is -2.15. The summed E-state index contributed by atoms with van der Waals surface area (Å²) in [5, 5.41) is 3.41. The third-order valence-electron chi connectivity index (χ3n) is 2.65. The fourth-order valence-electron chi connectivity index (χ4n) is 1.66. The normalized spacial score (nSPS) is 12.7. The quantitative estimate of drug-likeness (QED) is 0.855. The molecule has 0 atom stereocenters. The molecular formula is C11H9F5N4O2S. The van der Waals surface area contributed by atoms with Crippen molar-refractivity contribution < 1.29 is 30.4 Å². The minimum Gasteiger partial charge on any atom is -0.276 e. The number of aromatic nitrogens is 3. The van der Waals surface area contributed by atoms with Crippen molar-refractivity contribution in [3.05, 3.63) is 35.9 Å². The van der Waals surface area contributed by atoms with Gasteiger partial charge in [0.15, 0.2) is 5.69 Å². The molecule has 0 saturated carbocycles. The van der Waals surface area contributed by atoms with Crippen molar-refractivity contribution in [3.63, 3.8) is 0 Å². The molecular weight excluding hydrogens is 347 g/mol. The molecule has 0 aliphatic heterocycles. The number of aryl methyl sites for hydroxylation is 1. The largest absolute Gasteiger partial charge is 0.433 e. The number of pyridine rings is 1. The molecule has 0 amide bonds. The van der Waals surface area contributed by atoms with Crippen LogP contribution in [0.1, 0.15) is 17.8 Å². The van der Waals surface area contributed by atoms with E-state index in [4.69, 9.17) is 0 Å². The molecule has 0 aromatic carbocycles. The van der Waals surface area contributed by atoms with Crippen LogP contribution in [0.25, 0.3) is 0 Å². The van der Waals surface area contributed by atoms with Gasteiger partial charge >= 0.3 is 6.18 Å². The van der Waals surface area contributed by atoms with Crippen LogP contribution in [0.15, 0.2) is 29.4 Å². The van der Waals surface area contributed by atoms with Gasteiger partial charge in [-0.15, -0.1) is 0 Å². The maximum atomic E-state index is 12.8. The summed E-state index contributed by atoms with van der Waals surface area (Å²) in [4.78, 5) is 2.41. The average Bonchev–Trinajstić information content (AvgIpc) is 2.78. The zero-order valence-electron chi connectivity index (χ0n) is 11.3. The second kappa shape index (κ2) is 5.76. The lowest BCUT2D eigenvalue weighted by molar-refractivity contribution is -0.141. The number of hydrogen-bond acceptors (Lipinski definition) is 4. The smallest absolute Gasteiger partial charge is 0.276 e. The Kier molecular flexibility index (Phi) is 4.28. The number of hydrogen-bond donors (Lipinski definition) is 1. The van der Waals surface area contributed by atoms with Crippen molar-refractivity contribution in [3.8, 4) is 0 Å². The summed E-state index contributed by atoms with van der Waals surface area (Å²) in [6.07, 6.45) is -6.25. The number of halogens is 5. The Morgan fingerprint density at radius 3 is 2.39 bits per heavy atom. The van der Waals surface area contributed by atoms with Crippen LogP contribution in [0.2, 0.25) is 0 Å². The van der Waals surface area contributed by atoms with Crippen LogP contribution in [0.3, 0.4) is 0 Å². The minimum atomic E-state index is -4.72. The van der Waals surface area contributed by atoms with Crippen LogP contribution in [-0.4, -0.2) is 23.2 Å². The third kappa shape index (κ3) is 3.75. The molecule has 0 unspecified atom stereocenters.